The van der Waals surface area contributed by atoms with E-state index in [-0.39, 0.29) is 0 Å². The fourth-order valence-electron chi connectivity index (χ4n) is 1.86. The summed E-state index contributed by atoms with van der Waals surface area (Å²) in [6.45, 7) is 1.77. The summed E-state index contributed by atoms with van der Waals surface area (Å²) < 4.78 is 0.997. The van der Waals surface area contributed by atoms with Crippen LogP contribution in [0.3, 0.4) is 0 Å². The van der Waals surface area contributed by atoms with E-state index in [4.69, 9.17) is 11.6 Å². The van der Waals surface area contributed by atoms with Gasteiger partial charge in [-0.15, -0.1) is 0 Å². The summed E-state index contributed by atoms with van der Waals surface area (Å²) in [5.74, 6) is 0. The second-order valence-corrected chi connectivity index (χ2v) is 3.96. The first-order valence-electron chi connectivity index (χ1n) is 4.60. The van der Waals surface area contributed by atoms with Crippen LogP contribution in [0, 0.1) is 12.1 Å². The highest BCUT2D eigenvalue weighted by atomic mass is 35.5. The smallest absolute Gasteiger partial charge is 0.208 e. The van der Waals surface area contributed by atoms with Gasteiger partial charge in [0.25, 0.3) is 0 Å². The lowest BCUT2D eigenvalue weighted by molar-refractivity contribution is -0.621. The molecule has 3 heteroatoms. The molecule has 0 saturated carbocycles. The number of rotatable bonds is 0. The molecule has 1 aromatic heterocycles. The van der Waals surface area contributed by atoms with Crippen LogP contribution in [0.1, 0.15) is 29.8 Å². The van der Waals surface area contributed by atoms with Crippen LogP contribution in [0.4, 0.5) is 0 Å². The number of aryl methyl sites for hydroxylation is 1. The lowest BCUT2D eigenvalue weighted by Crippen LogP contribution is -2.38. The Morgan fingerprint density at radius 2 is 2.08 bits per heavy atom. The summed E-state index contributed by atoms with van der Waals surface area (Å²) in [7, 11) is 0. The SMILES string of the molecule is Cc1c(Cl)cc2c([n+]1[O-])CCCC2. The van der Waals surface area contributed by atoms with Crippen molar-refractivity contribution >= 4 is 11.6 Å². The molecule has 0 N–H and O–H groups in total. The van der Waals surface area contributed by atoms with Gasteiger partial charge in [-0.05, 0) is 25.3 Å². The van der Waals surface area contributed by atoms with E-state index >= 15 is 0 Å². The minimum absolute atomic E-state index is 0.593. The monoisotopic (exact) mass is 197 g/mol. The van der Waals surface area contributed by atoms with E-state index in [1.54, 1.807) is 6.92 Å². The highest BCUT2D eigenvalue weighted by Crippen LogP contribution is 2.22. The number of hydrogen-bond donors (Lipinski definition) is 0. The zero-order valence-corrected chi connectivity index (χ0v) is 8.40. The summed E-state index contributed by atoms with van der Waals surface area (Å²) in [6, 6.07) is 1.94. The summed E-state index contributed by atoms with van der Waals surface area (Å²) in [6.07, 6.45) is 4.19. The number of aromatic nitrogens is 1. The largest absolute Gasteiger partial charge is 0.618 e. The standard InChI is InChI=1S/C10H12ClNO/c1-7-9(11)6-8-4-2-3-5-10(8)12(7)13/h6H,2-5H2,1H3. The minimum atomic E-state index is 0.593. The van der Waals surface area contributed by atoms with Crippen LogP contribution < -0.4 is 4.73 Å². The zero-order valence-electron chi connectivity index (χ0n) is 7.64. The van der Waals surface area contributed by atoms with Crippen LogP contribution in [0.2, 0.25) is 5.02 Å². The fraction of sp³-hybridized carbons (Fsp3) is 0.500. The Balaban J connectivity index is 2.60. The van der Waals surface area contributed by atoms with Gasteiger partial charge in [0.15, 0.2) is 5.69 Å². The van der Waals surface area contributed by atoms with E-state index in [1.807, 2.05) is 6.07 Å². The maximum atomic E-state index is 11.7. The third-order valence-electron chi connectivity index (χ3n) is 2.68. The topological polar surface area (TPSA) is 26.9 Å². The molecule has 0 atom stereocenters. The predicted molar refractivity (Wildman–Crippen MR) is 51.8 cm³/mol. The molecule has 0 aromatic carbocycles. The van der Waals surface area contributed by atoms with Crippen LogP contribution in [0.25, 0.3) is 0 Å². The van der Waals surface area contributed by atoms with E-state index in [1.165, 1.54) is 6.42 Å². The lowest BCUT2D eigenvalue weighted by Gasteiger charge is -2.16. The van der Waals surface area contributed by atoms with Crippen LogP contribution in [-0.4, -0.2) is 0 Å². The molecule has 0 saturated heterocycles. The Kier molecular flexibility index (Phi) is 2.16. The summed E-state index contributed by atoms with van der Waals surface area (Å²) >= 11 is 5.93. The third kappa shape index (κ3) is 1.39. The van der Waals surface area contributed by atoms with Gasteiger partial charge in [-0.3, -0.25) is 0 Å². The Morgan fingerprint density at radius 3 is 2.85 bits per heavy atom. The predicted octanol–water partition coefficient (Wildman–Crippen LogP) is 2.16. The first-order valence-corrected chi connectivity index (χ1v) is 4.98. The van der Waals surface area contributed by atoms with Gasteiger partial charge in [0.1, 0.15) is 5.02 Å². The first-order chi connectivity index (χ1) is 6.20. The molecule has 0 unspecified atom stereocenters. The quantitative estimate of drug-likeness (QED) is 0.463. The molecule has 0 aliphatic heterocycles. The third-order valence-corrected chi connectivity index (χ3v) is 3.06. The van der Waals surface area contributed by atoms with E-state index in [0.29, 0.717) is 10.7 Å². The number of hydrogen-bond acceptors (Lipinski definition) is 1. The molecular formula is C10H12ClNO. The summed E-state index contributed by atoms with van der Waals surface area (Å²) in [5, 5.41) is 12.3. The van der Waals surface area contributed by atoms with Crippen molar-refractivity contribution in [3.8, 4) is 0 Å². The first kappa shape index (κ1) is 8.82. The summed E-state index contributed by atoms with van der Waals surface area (Å²) in [5.41, 5.74) is 2.69. The number of pyridine rings is 1. The maximum absolute atomic E-state index is 11.7. The van der Waals surface area contributed by atoms with E-state index in [9.17, 15) is 5.21 Å². The van der Waals surface area contributed by atoms with Crippen molar-refractivity contribution in [3.05, 3.63) is 33.2 Å². The zero-order chi connectivity index (χ0) is 9.42. The molecule has 1 aliphatic carbocycles. The van der Waals surface area contributed by atoms with Gasteiger partial charge in [0.2, 0.25) is 5.69 Å². The van der Waals surface area contributed by atoms with Crippen LogP contribution in [0.5, 0.6) is 0 Å². The van der Waals surface area contributed by atoms with Gasteiger partial charge < -0.3 is 5.21 Å². The molecule has 0 spiro atoms. The van der Waals surface area contributed by atoms with Crippen LogP contribution >= 0.6 is 11.6 Å². The van der Waals surface area contributed by atoms with Crippen molar-refractivity contribution in [2.24, 2.45) is 0 Å². The molecule has 0 amide bonds. The Labute approximate surface area is 82.7 Å². The van der Waals surface area contributed by atoms with Crippen molar-refractivity contribution in [3.63, 3.8) is 0 Å². The van der Waals surface area contributed by atoms with Gasteiger partial charge in [0.05, 0.1) is 0 Å². The van der Waals surface area contributed by atoms with Crippen molar-refractivity contribution in [2.75, 3.05) is 0 Å². The lowest BCUT2D eigenvalue weighted by atomic mass is 9.96. The average molecular weight is 198 g/mol. The van der Waals surface area contributed by atoms with Gasteiger partial charge in [-0.25, -0.2) is 0 Å². The van der Waals surface area contributed by atoms with E-state index in [0.717, 1.165) is 35.3 Å². The molecule has 1 aromatic rings. The second-order valence-electron chi connectivity index (χ2n) is 3.55. The van der Waals surface area contributed by atoms with Crippen molar-refractivity contribution in [1.82, 2.24) is 0 Å². The van der Waals surface area contributed by atoms with E-state index < -0.39 is 0 Å². The molecule has 0 bridgehead atoms. The average Bonchev–Trinajstić information content (AvgIpc) is 2.15. The number of fused-ring (bicyclic) bond motifs is 1. The minimum Gasteiger partial charge on any atom is -0.618 e. The molecule has 2 rings (SSSR count). The molecule has 1 heterocycles. The van der Waals surface area contributed by atoms with Gasteiger partial charge in [-0.1, -0.05) is 11.6 Å². The van der Waals surface area contributed by atoms with Crippen LogP contribution in [0.15, 0.2) is 6.07 Å². The highest BCUT2D eigenvalue weighted by Gasteiger charge is 2.20. The Hall–Kier alpha value is -0.760. The molecular weight excluding hydrogens is 186 g/mol. The molecule has 2 nitrogen and oxygen atoms in total. The van der Waals surface area contributed by atoms with E-state index in [2.05, 4.69) is 0 Å². The maximum Gasteiger partial charge on any atom is 0.208 e. The van der Waals surface area contributed by atoms with Crippen molar-refractivity contribution in [1.29, 1.82) is 0 Å². The molecule has 70 valence electrons. The van der Waals surface area contributed by atoms with Crippen molar-refractivity contribution in [2.45, 2.75) is 32.6 Å². The molecule has 1 aliphatic rings. The molecule has 13 heavy (non-hydrogen) atoms. The normalized spacial score (nSPS) is 15.5. The van der Waals surface area contributed by atoms with Gasteiger partial charge in [0, 0.05) is 18.9 Å². The number of nitrogens with zero attached hydrogens (tertiary/aromatic N) is 1. The molecule has 0 radical (unpaired) electrons. The fourth-order valence-corrected chi connectivity index (χ4v) is 2.07. The Bertz CT molecular complexity index is 349. The van der Waals surface area contributed by atoms with Gasteiger partial charge in [-0.2, -0.15) is 4.73 Å². The Morgan fingerprint density at radius 1 is 1.38 bits per heavy atom. The number of halogens is 1. The second kappa shape index (κ2) is 3.18. The van der Waals surface area contributed by atoms with Crippen LogP contribution in [-0.2, 0) is 12.8 Å². The highest BCUT2D eigenvalue weighted by molar-refractivity contribution is 6.31. The van der Waals surface area contributed by atoms with Crippen molar-refractivity contribution < 1.29 is 4.73 Å². The molecule has 0 fully saturated rings. The van der Waals surface area contributed by atoms with Gasteiger partial charge >= 0.3 is 0 Å². The summed E-state index contributed by atoms with van der Waals surface area (Å²) in [4.78, 5) is 0.